The second-order valence-electron chi connectivity index (χ2n) is 5.43. The highest BCUT2D eigenvalue weighted by Gasteiger charge is 2.34. The maximum Gasteiger partial charge on any atom is 0.0717 e. The lowest BCUT2D eigenvalue weighted by Gasteiger charge is -2.28. The van der Waals surface area contributed by atoms with Crippen LogP contribution in [0, 0.1) is 0 Å². The smallest absolute Gasteiger partial charge is 0.0717 e. The molecule has 2 atom stereocenters. The Balaban J connectivity index is 2.21. The third-order valence-electron chi connectivity index (χ3n) is 2.90. The molecule has 0 heterocycles. The molecule has 0 fully saturated rings. The molecule has 0 amide bonds. The summed E-state index contributed by atoms with van der Waals surface area (Å²) in [6.45, 7) is 6.49. The van der Waals surface area contributed by atoms with Crippen LogP contribution in [-0.2, 0) is 6.42 Å². The molecule has 2 N–H and O–H groups in total. The van der Waals surface area contributed by atoms with Crippen molar-refractivity contribution in [2.45, 2.75) is 44.0 Å². The van der Waals surface area contributed by atoms with Crippen molar-refractivity contribution in [1.29, 1.82) is 0 Å². The zero-order valence-electron chi connectivity index (χ0n) is 10.0. The zero-order valence-corrected chi connectivity index (χ0v) is 10.8. The van der Waals surface area contributed by atoms with Gasteiger partial charge < -0.3 is 9.87 Å². The van der Waals surface area contributed by atoms with Crippen LogP contribution in [0.2, 0.25) is 0 Å². The Kier molecular flexibility index (Phi) is 3.29. The molecular formula is C13H19NOS. The van der Waals surface area contributed by atoms with Gasteiger partial charge in [-0.2, -0.15) is 0 Å². The van der Waals surface area contributed by atoms with Gasteiger partial charge in [-0.25, -0.2) is 0 Å². The molecule has 2 nitrogen and oxygen atoms in total. The van der Waals surface area contributed by atoms with Gasteiger partial charge >= 0.3 is 0 Å². The van der Waals surface area contributed by atoms with E-state index in [2.05, 4.69) is 44.3 Å². The van der Waals surface area contributed by atoms with E-state index in [0.717, 1.165) is 18.5 Å². The zero-order chi connectivity index (χ0) is 11.8. The summed E-state index contributed by atoms with van der Waals surface area (Å²) in [5, 5.41) is 3.75. The molecule has 0 saturated heterocycles. The predicted molar refractivity (Wildman–Crippen MR) is 69.8 cm³/mol. The first-order chi connectivity index (χ1) is 7.51. The fourth-order valence-corrected chi connectivity index (χ4v) is 3.03. The van der Waals surface area contributed by atoms with E-state index in [1.54, 1.807) is 0 Å². The highest BCUT2D eigenvalue weighted by Crippen LogP contribution is 2.40. The molecule has 16 heavy (non-hydrogen) atoms. The molecular weight excluding hydrogens is 218 g/mol. The number of hydrogen-bond donors (Lipinski definition) is 2. The van der Waals surface area contributed by atoms with Crippen molar-refractivity contribution in [2.24, 2.45) is 0 Å². The molecule has 3 heteroatoms. The van der Waals surface area contributed by atoms with E-state index in [1.807, 2.05) is 6.07 Å². The Morgan fingerprint density at radius 2 is 2.00 bits per heavy atom. The molecule has 0 aliphatic heterocycles. The van der Waals surface area contributed by atoms with E-state index in [0.29, 0.717) is 6.04 Å². The third kappa shape index (κ3) is 2.42. The second-order valence-corrected chi connectivity index (χ2v) is 6.15. The van der Waals surface area contributed by atoms with Crippen LogP contribution in [0.4, 0.5) is 0 Å². The van der Waals surface area contributed by atoms with Crippen molar-refractivity contribution in [1.82, 2.24) is 5.32 Å². The maximum atomic E-state index is 9.46. The van der Waals surface area contributed by atoms with Gasteiger partial charge in [0.05, 0.1) is 5.25 Å². The Bertz CT molecular complexity index is 372. The van der Waals surface area contributed by atoms with Gasteiger partial charge in [0, 0.05) is 11.6 Å². The van der Waals surface area contributed by atoms with Gasteiger partial charge in [-0.15, -0.1) is 0 Å². The first-order valence-electron chi connectivity index (χ1n) is 5.67. The number of nitrogens with one attached hydrogen (secondary N) is 1. The lowest BCUT2D eigenvalue weighted by Crippen LogP contribution is -2.45. The average Bonchev–Trinajstić information content (AvgIpc) is 2.51. The van der Waals surface area contributed by atoms with E-state index in [9.17, 15) is 4.55 Å². The average molecular weight is 237 g/mol. The number of rotatable bonds is 2. The number of benzene rings is 1. The molecule has 1 aliphatic carbocycles. The van der Waals surface area contributed by atoms with Gasteiger partial charge in [0.1, 0.15) is 0 Å². The summed E-state index contributed by atoms with van der Waals surface area (Å²) in [4.78, 5) is 0. The molecule has 2 rings (SSSR count). The summed E-state index contributed by atoms with van der Waals surface area (Å²) >= 11 is 0.961. The van der Waals surface area contributed by atoms with Crippen LogP contribution < -0.4 is 5.32 Å². The van der Waals surface area contributed by atoms with E-state index in [1.165, 1.54) is 11.1 Å². The highest BCUT2D eigenvalue weighted by atomic mass is 32.2. The molecule has 0 radical (unpaired) electrons. The SMILES string of the molecule is CC(C)(C)NC1Cc2ccccc2C1SO. The Morgan fingerprint density at radius 1 is 1.31 bits per heavy atom. The molecule has 2 unspecified atom stereocenters. The van der Waals surface area contributed by atoms with Crippen LogP contribution in [-0.4, -0.2) is 16.1 Å². The largest absolute Gasteiger partial charge is 0.329 e. The van der Waals surface area contributed by atoms with Gasteiger partial charge in [0.15, 0.2) is 0 Å². The Hall–Kier alpha value is -0.510. The molecule has 0 bridgehead atoms. The fourth-order valence-electron chi connectivity index (χ4n) is 2.37. The summed E-state index contributed by atoms with van der Waals surface area (Å²) < 4.78 is 9.46. The maximum absolute atomic E-state index is 9.46. The second kappa shape index (κ2) is 4.40. The van der Waals surface area contributed by atoms with Gasteiger partial charge in [-0.1, -0.05) is 24.3 Å². The minimum atomic E-state index is 0.0840. The Morgan fingerprint density at radius 3 is 2.62 bits per heavy atom. The molecule has 1 aromatic carbocycles. The molecule has 88 valence electrons. The molecule has 0 aromatic heterocycles. The van der Waals surface area contributed by atoms with Crippen LogP contribution in [0.15, 0.2) is 24.3 Å². The first-order valence-corrected chi connectivity index (χ1v) is 6.50. The minimum absolute atomic E-state index is 0.0840. The third-order valence-corrected chi connectivity index (χ3v) is 3.71. The van der Waals surface area contributed by atoms with Crippen molar-refractivity contribution in [3.63, 3.8) is 0 Å². The molecule has 0 spiro atoms. The van der Waals surface area contributed by atoms with Crippen LogP contribution in [0.1, 0.15) is 37.1 Å². The van der Waals surface area contributed by atoms with Crippen LogP contribution in [0.25, 0.3) is 0 Å². The normalized spacial score (nSPS) is 24.5. The van der Waals surface area contributed by atoms with Crippen LogP contribution >= 0.6 is 12.0 Å². The standard InChI is InChI=1S/C13H19NOS/c1-13(2,3)14-11-8-9-6-4-5-7-10(9)12(11)16-15/h4-7,11-12,14-15H,8H2,1-3H3. The molecule has 0 saturated carbocycles. The summed E-state index contributed by atoms with van der Waals surface area (Å²) in [5.74, 6) is 0. The predicted octanol–water partition coefficient (Wildman–Crippen LogP) is 3.25. The van der Waals surface area contributed by atoms with Gasteiger partial charge in [-0.05, 0) is 50.4 Å². The summed E-state index contributed by atoms with van der Waals surface area (Å²) in [5.41, 5.74) is 2.72. The number of fused-ring (bicyclic) bond motifs is 1. The summed E-state index contributed by atoms with van der Waals surface area (Å²) in [6.07, 6.45) is 1.01. The fraction of sp³-hybridized carbons (Fsp3) is 0.538. The monoisotopic (exact) mass is 237 g/mol. The van der Waals surface area contributed by atoms with Crippen LogP contribution in [0.3, 0.4) is 0 Å². The van der Waals surface area contributed by atoms with Gasteiger partial charge in [0.25, 0.3) is 0 Å². The van der Waals surface area contributed by atoms with E-state index < -0.39 is 0 Å². The van der Waals surface area contributed by atoms with Crippen molar-refractivity contribution < 1.29 is 4.55 Å². The van der Waals surface area contributed by atoms with Gasteiger partial charge in [-0.3, -0.25) is 0 Å². The Labute approximate surface area is 102 Å². The van der Waals surface area contributed by atoms with Crippen molar-refractivity contribution in [3.05, 3.63) is 35.4 Å². The first kappa shape index (κ1) is 12.0. The van der Waals surface area contributed by atoms with Gasteiger partial charge in [0.2, 0.25) is 0 Å². The van der Waals surface area contributed by atoms with Crippen molar-refractivity contribution >= 4 is 12.0 Å². The quantitative estimate of drug-likeness (QED) is 0.774. The highest BCUT2D eigenvalue weighted by molar-refractivity contribution is 7.94. The van der Waals surface area contributed by atoms with E-state index in [4.69, 9.17) is 0 Å². The summed E-state index contributed by atoms with van der Waals surface area (Å²) in [6, 6.07) is 8.71. The molecule has 1 aliphatic rings. The van der Waals surface area contributed by atoms with E-state index >= 15 is 0 Å². The van der Waals surface area contributed by atoms with Crippen LogP contribution in [0.5, 0.6) is 0 Å². The summed E-state index contributed by atoms with van der Waals surface area (Å²) in [7, 11) is 0. The van der Waals surface area contributed by atoms with Crippen molar-refractivity contribution in [2.75, 3.05) is 0 Å². The lowest BCUT2D eigenvalue weighted by atomic mass is 10.1. The van der Waals surface area contributed by atoms with Crippen molar-refractivity contribution in [3.8, 4) is 0 Å². The topological polar surface area (TPSA) is 32.3 Å². The minimum Gasteiger partial charge on any atom is -0.329 e. The lowest BCUT2D eigenvalue weighted by molar-refractivity contribution is 0.360. The number of hydrogen-bond acceptors (Lipinski definition) is 3. The molecule has 1 aromatic rings. The van der Waals surface area contributed by atoms with E-state index in [-0.39, 0.29) is 10.8 Å².